The minimum Gasteiger partial charge on any atom is -0.340 e. The predicted octanol–water partition coefficient (Wildman–Crippen LogP) is 2.04. The molecule has 0 radical (unpaired) electrons. The van der Waals surface area contributed by atoms with Gasteiger partial charge >= 0.3 is 0 Å². The molecule has 0 aromatic heterocycles. The van der Waals surface area contributed by atoms with Crippen molar-refractivity contribution in [2.75, 3.05) is 13.1 Å². The molecule has 2 atom stereocenters. The zero-order valence-electron chi connectivity index (χ0n) is 12.7. The quantitative estimate of drug-likeness (QED) is 0.724. The van der Waals surface area contributed by atoms with Gasteiger partial charge in [0.2, 0.25) is 5.91 Å². The number of hydrogen-bond donors (Lipinski definition) is 0. The highest BCUT2D eigenvalue weighted by Gasteiger charge is 2.65. The summed E-state index contributed by atoms with van der Waals surface area (Å²) in [4.78, 5) is 27.2. The minimum absolute atomic E-state index is 0.0511. The Morgan fingerprint density at radius 3 is 2.29 bits per heavy atom. The van der Waals surface area contributed by atoms with Gasteiger partial charge in [-0.1, -0.05) is 13.8 Å². The zero-order chi connectivity index (χ0) is 15.7. The van der Waals surface area contributed by atoms with E-state index in [4.69, 9.17) is 10.5 Å². The second-order valence-corrected chi connectivity index (χ2v) is 6.68. The van der Waals surface area contributed by atoms with Crippen molar-refractivity contribution in [2.24, 2.45) is 16.7 Å². The molecule has 2 saturated carbocycles. The van der Waals surface area contributed by atoms with Gasteiger partial charge in [-0.15, -0.1) is 0 Å². The monoisotopic (exact) mass is 287 g/mol. The SMILES string of the molecule is CC1(C)C(=O)C2(C(=O)N(CCC#N)CCC#N)CCC1C2. The van der Waals surface area contributed by atoms with Crippen molar-refractivity contribution >= 4 is 11.7 Å². The lowest BCUT2D eigenvalue weighted by atomic mass is 9.70. The number of rotatable bonds is 5. The molecule has 2 fully saturated rings. The predicted molar refractivity (Wildman–Crippen MR) is 75.6 cm³/mol. The molecule has 0 heterocycles. The van der Waals surface area contributed by atoms with Crippen LogP contribution >= 0.6 is 0 Å². The Morgan fingerprint density at radius 1 is 1.29 bits per heavy atom. The minimum atomic E-state index is -0.890. The Balaban J connectivity index is 2.22. The lowest BCUT2D eigenvalue weighted by Crippen LogP contribution is -2.49. The summed E-state index contributed by atoms with van der Waals surface area (Å²) in [6, 6.07) is 4.05. The molecular formula is C16H21N3O2. The summed E-state index contributed by atoms with van der Waals surface area (Å²) in [6.45, 7) is 4.47. The van der Waals surface area contributed by atoms with Crippen molar-refractivity contribution in [3.05, 3.63) is 0 Å². The molecule has 0 saturated heterocycles. The van der Waals surface area contributed by atoms with E-state index in [2.05, 4.69) is 0 Å². The number of amides is 1. The maximum Gasteiger partial charge on any atom is 0.236 e. The summed E-state index contributed by atoms with van der Waals surface area (Å²) in [7, 11) is 0. The van der Waals surface area contributed by atoms with Crippen LogP contribution in [0.3, 0.4) is 0 Å². The first-order chi connectivity index (χ1) is 9.90. The van der Waals surface area contributed by atoms with Crippen LogP contribution in [0.1, 0.15) is 46.0 Å². The average Bonchev–Trinajstić information content (AvgIpc) is 2.99. The van der Waals surface area contributed by atoms with E-state index in [0.29, 0.717) is 25.9 Å². The summed E-state index contributed by atoms with van der Waals surface area (Å²) in [6.07, 6.45) is 2.62. The third-order valence-electron chi connectivity index (χ3n) is 5.24. The largest absolute Gasteiger partial charge is 0.340 e. The second-order valence-electron chi connectivity index (χ2n) is 6.68. The number of hydrogen-bond acceptors (Lipinski definition) is 4. The van der Waals surface area contributed by atoms with E-state index in [1.807, 2.05) is 26.0 Å². The van der Waals surface area contributed by atoms with Crippen LogP contribution in [0.4, 0.5) is 0 Å². The van der Waals surface area contributed by atoms with E-state index in [-0.39, 0.29) is 30.4 Å². The number of nitriles is 2. The molecule has 2 unspecified atom stereocenters. The van der Waals surface area contributed by atoms with Crippen LogP contribution in [-0.4, -0.2) is 29.7 Å². The summed E-state index contributed by atoms with van der Waals surface area (Å²) in [5.41, 5.74) is -1.32. The Morgan fingerprint density at radius 2 is 1.86 bits per heavy atom. The number of carbonyl (C=O) groups is 2. The smallest absolute Gasteiger partial charge is 0.236 e. The summed E-state index contributed by atoms with van der Waals surface area (Å²) >= 11 is 0. The summed E-state index contributed by atoms with van der Waals surface area (Å²) in [5.74, 6) is 0.170. The first kappa shape index (κ1) is 15.5. The van der Waals surface area contributed by atoms with Crippen LogP contribution < -0.4 is 0 Å². The van der Waals surface area contributed by atoms with Gasteiger partial charge in [0.15, 0.2) is 5.78 Å². The van der Waals surface area contributed by atoms with Crippen LogP contribution in [0.15, 0.2) is 0 Å². The molecule has 0 aromatic rings. The fourth-order valence-electron chi connectivity index (χ4n) is 3.95. The van der Waals surface area contributed by atoms with Gasteiger partial charge in [-0.05, 0) is 25.2 Å². The van der Waals surface area contributed by atoms with E-state index in [1.165, 1.54) is 0 Å². The van der Waals surface area contributed by atoms with Crippen LogP contribution in [0.2, 0.25) is 0 Å². The van der Waals surface area contributed by atoms with Crippen molar-refractivity contribution in [1.82, 2.24) is 4.90 Å². The van der Waals surface area contributed by atoms with Crippen LogP contribution in [0, 0.1) is 39.4 Å². The van der Waals surface area contributed by atoms with Crippen molar-refractivity contribution < 1.29 is 9.59 Å². The van der Waals surface area contributed by atoms with Crippen molar-refractivity contribution in [3.63, 3.8) is 0 Å². The number of ketones is 1. The van der Waals surface area contributed by atoms with Gasteiger partial charge in [0.05, 0.1) is 25.0 Å². The fourth-order valence-corrected chi connectivity index (χ4v) is 3.95. The molecule has 5 heteroatoms. The average molecular weight is 287 g/mol. The Hall–Kier alpha value is -1.88. The van der Waals surface area contributed by atoms with Gasteiger partial charge in [0.1, 0.15) is 5.41 Å². The lowest BCUT2D eigenvalue weighted by molar-refractivity contribution is -0.151. The van der Waals surface area contributed by atoms with Gasteiger partial charge in [0.25, 0.3) is 0 Å². The third-order valence-corrected chi connectivity index (χ3v) is 5.24. The van der Waals surface area contributed by atoms with Crippen molar-refractivity contribution in [2.45, 2.75) is 46.0 Å². The first-order valence-electron chi connectivity index (χ1n) is 7.48. The standard InChI is InChI=1S/C16H21N3O2/c1-15(2)12-5-6-16(11-12,13(15)20)14(21)19(9-3-7-17)10-4-8-18/h12H,3-6,9-11H2,1-2H3. The van der Waals surface area contributed by atoms with Gasteiger partial charge < -0.3 is 4.90 Å². The normalized spacial score (nSPS) is 29.0. The van der Waals surface area contributed by atoms with E-state index in [1.54, 1.807) is 4.90 Å². The molecule has 21 heavy (non-hydrogen) atoms. The van der Waals surface area contributed by atoms with E-state index in [0.717, 1.165) is 6.42 Å². The Bertz CT molecular complexity index is 523. The zero-order valence-corrected chi connectivity index (χ0v) is 12.7. The third kappa shape index (κ3) is 2.31. The number of Topliss-reactive ketones (excluding diaryl/α,β-unsaturated/α-hetero) is 1. The molecule has 112 valence electrons. The lowest BCUT2D eigenvalue weighted by Gasteiger charge is -2.35. The Labute approximate surface area is 125 Å². The van der Waals surface area contributed by atoms with Crippen LogP contribution in [-0.2, 0) is 9.59 Å². The van der Waals surface area contributed by atoms with E-state index in [9.17, 15) is 9.59 Å². The van der Waals surface area contributed by atoms with E-state index < -0.39 is 10.8 Å². The highest BCUT2D eigenvalue weighted by atomic mass is 16.2. The molecule has 2 aliphatic carbocycles. The molecule has 5 nitrogen and oxygen atoms in total. The van der Waals surface area contributed by atoms with Crippen LogP contribution in [0.5, 0.6) is 0 Å². The molecule has 0 aromatic carbocycles. The fraction of sp³-hybridized carbons (Fsp3) is 0.750. The maximum absolute atomic E-state index is 12.9. The van der Waals surface area contributed by atoms with Gasteiger partial charge in [-0.3, -0.25) is 9.59 Å². The Kier molecular flexibility index (Phi) is 4.05. The van der Waals surface area contributed by atoms with Crippen molar-refractivity contribution in [3.8, 4) is 12.1 Å². The number of nitrogens with zero attached hydrogens (tertiary/aromatic N) is 3. The molecule has 2 rings (SSSR count). The molecule has 2 bridgehead atoms. The molecular weight excluding hydrogens is 266 g/mol. The van der Waals surface area contributed by atoms with Crippen LogP contribution in [0.25, 0.3) is 0 Å². The van der Waals surface area contributed by atoms with Gasteiger partial charge in [-0.25, -0.2) is 0 Å². The molecule has 0 N–H and O–H groups in total. The molecule has 0 spiro atoms. The summed E-state index contributed by atoms with van der Waals surface area (Å²) < 4.78 is 0. The maximum atomic E-state index is 12.9. The second kappa shape index (κ2) is 5.48. The topological polar surface area (TPSA) is 85.0 Å². The molecule has 2 aliphatic rings. The number of fused-ring (bicyclic) bond motifs is 2. The van der Waals surface area contributed by atoms with Gasteiger partial charge in [-0.2, -0.15) is 10.5 Å². The first-order valence-corrected chi connectivity index (χ1v) is 7.48. The highest BCUT2D eigenvalue weighted by Crippen LogP contribution is 2.60. The van der Waals surface area contributed by atoms with Crippen molar-refractivity contribution in [1.29, 1.82) is 10.5 Å². The number of carbonyl (C=O) groups excluding carboxylic acids is 2. The molecule has 0 aliphatic heterocycles. The highest BCUT2D eigenvalue weighted by molar-refractivity contribution is 6.10. The van der Waals surface area contributed by atoms with E-state index >= 15 is 0 Å². The summed E-state index contributed by atoms with van der Waals surface area (Å²) in [5, 5.41) is 17.5. The van der Waals surface area contributed by atoms with Gasteiger partial charge in [0, 0.05) is 18.5 Å². The molecule has 1 amide bonds.